The molecule has 8 rings (SSSR count). The Balaban J connectivity index is 0.000000273. The zero-order valence-corrected chi connectivity index (χ0v) is 66.4. The summed E-state index contributed by atoms with van der Waals surface area (Å²) in [5, 5.41) is 38.1. The maximum atomic E-state index is 15.0. The van der Waals surface area contributed by atoms with Gasteiger partial charge in [0.1, 0.15) is 34.1 Å². The largest absolute Gasteiger partial charge is 0.478 e. The first kappa shape index (κ1) is 88.2. The molecular weight excluding hydrogens is 1400 g/mol. The highest BCUT2D eigenvalue weighted by molar-refractivity contribution is 7.11. The number of benzene rings is 4. The number of hydrogen-bond donors (Lipinski definition) is 7. The van der Waals surface area contributed by atoms with Crippen LogP contribution >= 0.6 is 11.3 Å². The number of carboxylic acids is 3. The SMILES string of the molecule is C=CCN(CC=C)C(=O)c1cc(C)cc(C(=O)O)c1.CCCN(CCC)C(=O)C1(c2cc(F)cc(F)c2)C([C@@H](CC)CNC(C)(C)c2cccc(CC)c2)=C(C)C=C(C(=O)O)[C@H]1N.CCCN(CCC)C(=O)C1(c2cc(F)cc(F)c2)C([C@@H](CC)CNC2(c3cnc(CC(C)C)s3)CC2)=C(C)C=C(C(=O)O)[C@@H]1N. The molecule has 9 N–H and O–H groups in total. The molecule has 1 heterocycles. The number of aromatic nitrogens is 1. The van der Waals surface area contributed by atoms with Crippen LogP contribution in [0.3, 0.4) is 0 Å². The van der Waals surface area contributed by atoms with Gasteiger partial charge in [0.15, 0.2) is 0 Å². The molecule has 3 amide bonds. The van der Waals surface area contributed by atoms with E-state index < -0.39 is 81.4 Å². The zero-order valence-electron chi connectivity index (χ0n) is 65.6. The van der Waals surface area contributed by atoms with E-state index in [1.807, 2.05) is 53.8 Å². The fraction of sp³-hybridized carbons (Fsp3) is 0.477. The first-order chi connectivity index (χ1) is 51.1. The lowest BCUT2D eigenvalue weighted by atomic mass is 9.58. The molecule has 0 aliphatic heterocycles. The number of nitrogens with two attached hydrogens (primary N) is 2. The van der Waals surface area contributed by atoms with Crippen LogP contribution in [-0.4, -0.2) is 135 Å². The molecule has 0 radical (unpaired) electrons. The molecule has 4 aromatic carbocycles. The number of aryl methyl sites for hydroxylation is 2. The topological polar surface area (TPSA) is 262 Å². The highest BCUT2D eigenvalue weighted by Gasteiger charge is 2.59. The number of halogens is 4. The molecule has 0 spiro atoms. The Bertz CT molecular complexity index is 4130. The summed E-state index contributed by atoms with van der Waals surface area (Å²) in [6, 6.07) is 16.3. The number of carboxylic acid groups (broad SMARTS) is 3. The average Bonchev–Trinajstić information content (AvgIpc) is 0.928. The van der Waals surface area contributed by atoms with Gasteiger partial charge in [-0.2, -0.15) is 0 Å². The number of nitrogens with zero attached hydrogens (tertiary/aromatic N) is 4. The summed E-state index contributed by atoms with van der Waals surface area (Å²) < 4.78 is 60.0. The first-order valence-electron chi connectivity index (χ1n) is 37.9. The summed E-state index contributed by atoms with van der Waals surface area (Å²) in [5.41, 5.74) is 15.1. The van der Waals surface area contributed by atoms with Crippen molar-refractivity contribution in [2.75, 3.05) is 52.4 Å². The highest BCUT2D eigenvalue weighted by atomic mass is 32.1. The number of nitrogens with one attached hydrogen (secondary N) is 2. The van der Waals surface area contributed by atoms with Crippen molar-refractivity contribution in [2.24, 2.45) is 29.2 Å². The smallest absolute Gasteiger partial charge is 0.335 e. The summed E-state index contributed by atoms with van der Waals surface area (Å²) >= 11 is 1.73. The van der Waals surface area contributed by atoms with Gasteiger partial charge in [0, 0.05) is 93.1 Å². The Hall–Kier alpha value is -8.67. The van der Waals surface area contributed by atoms with Gasteiger partial charge in [-0.05, 0) is 215 Å². The number of hydrogen-bond acceptors (Lipinski definition) is 12. The Morgan fingerprint density at radius 3 is 1.46 bits per heavy atom. The van der Waals surface area contributed by atoms with Crippen LogP contribution in [-0.2, 0) is 53.9 Å². The summed E-state index contributed by atoms with van der Waals surface area (Å²) in [6.07, 6.45) is 15.8. The highest BCUT2D eigenvalue weighted by Crippen LogP contribution is 2.53. The molecule has 5 aromatic rings. The molecule has 3 aliphatic carbocycles. The Morgan fingerprint density at radius 2 is 1.07 bits per heavy atom. The quantitative estimate of drug-likeness (QED) is 0.0147. The average molecular weight is 1510 g/mol. The van der Waals surface area contributed by atoms with E-state index in [0.29, 0.717) is 125 Å². The third-order valence-electron chi connectivity index (χ3n) is 20.7. The molecule has 108 heavy (non-hydrogen) atoms. The van der Waals surface area contributed by atoms with Crippen molar-refractivity contribution >= 4 is 47.0 Å². The van der Waals surface area contributed by atoms with Gasteiger partial charge < -0.3 is 52.1 Å². The van der Waals surface area contributed by atoms with Crippen LogP contribution in [0.15, 0.2) is 156 Å². The van der Waals surface area contributed by atoms with Crippen molar-refractivity contribution < 1.29 is 61.6 Å². The van der Waals surface area contributed by atoms with Gasteiger partial charge in [0.2, 0.25) is 11.8 Å². The van der Waals surface area contributed by atoms with E-state index in [9.17, 15) is 43.0 Å². The van der Waals surface area contributed by atoms with Crippen LogP contribution in [0.4, 0.5) is 17.6 Å². The van der Waals surface area contributed by atoms with Crippen molar-refractivity contribution in [3.8, 4) is 0 Å². The van der Waals surface area contributed by atoms with Crippen LogP contribution in [0.5, 0.6) is 0 Å². The number of amides is 3. The summed E-state index contributed by atoms with van der Waals surface area (Å²) in [7, 11) is 0. The molecule has 586 valence electrons. The lowest BCUT2D eigenvalue weighted by Gasteiger charge is -2.48. The molecule has 17 nitrogen and oxygen atoms in total. The third kappa shape index (κ3) is 20.2. The molecule has 1 saturated carbocycles. The van der Waals surface area contributed by atoms with Gasteiger partial charge in [-0.3, -0.25) is 14.4 Å². The van der Waals surface area contributed by atoms with Crippen LogP contribution in [0.25, 0.3) is 0 Å². The van der Waals surface area contributed by atoms with Crippen molar-refractivity contribution in [3.05, 3.63) is 228 Å². The third-order valence-corrected chi connectivity index (χ3v) is 21.9. The van der Waals surface area contributed by atoms with Gasteiger partial charge in [0.05, 0.1) is 39.3 Å². The van der Waals surface area contributed by atoms with E-state index in [-0.39, 0.29) is 51.1 Å². The lowest BCUT2D eigenvalue weighted by Crippen LogP contribution is -2.62. The summed E-state index contributed by atoms with van der Waals surface area (Å²) in [5.74, 6) is -8.20. The van der Waals surface area contributed by atoms with E-state index in [2.05, 4.69) is 81.6 Å². The van der Waals surface area contributed by atoms with E-state index >= 15 is 13.6 Å². The van der Waals surface area contributed by atoms with E-state index in [1.165, 1.54) is 34.7 Å². The second kappa shape index (κ2) is 39.1. The van der Waals surface area contributed by atoms with Crippen LogP contribution in [0, 0.1) is 47.9 Å². The van der Waals surface area contributed by atoms with Crippen molar-refractivity contribution in [1.82, 2.24) is 30.3 Å². The predicted octanol–water partition coefficient (Wildman–Crippen LogP) is 15.6. The maximum absolute atomic E-state index is 15.0. The van der Waals surface area contributed by atoms with Gasteiger partial charge in [-0.25, -0.2) is 36.9 Å². The number of thiazole rings is 1. The zero-order chi connectivity index (χ0) is 80.3. The Labute approximate surface area is 640 Å². The predicted molar refractivity (Wildman–Crippen MR) is 422 cm³/mol. The molecular formula is C86H114F4N8O9S. The summed E-state index contributed by atoms with van der Waals surface area (Å²) in [6.45, 7) is 38.2. The molecule has 22 heteroatoms. The van der Waals surface area contributed by atoms with Crippen molar-refractivity contribution in [3.63, 3.8) is 0 Å². The van der Waals surface area contributed by atoms with Gasteiger partial charge >= 0.3 is 17.9 Å². The summed E-state index contributed by atoms with van der Waals surface area (Å²) in [4.78, 5) is 89.2. The molecule has 3 aliphatic rings. The van der Waals surface area contributed by atoms with E-state index in [4.69, 9.17) is 16.6 Å². The van der Waals surface area contributed by atoms with Crippen LogP contribution < -0.4 is 22.1 Å². The molecule has 0 saturated heterocycles. The fourth-order valence-corrected chi connectivity index (χ4v) is 16.7. The Kier molecular flexibility index (Phi) is 32.0. The van der Waals surface area contributed by atoms with Gasteiger partial charge in [0.25, 0.3) is 5.91 Å². The molecule has 6 atom stereocenters. The number of allylic oxidation sites excluding steroid dienone is 4. The first-order valence-corrected chi connectivity index (χ1v) is 38.7. The van der Waals surface area contributed by atoms with Crippen LogP contribution in [0.1, 0.15) is 200 Å². The normalized spacial score (nSPS) is 18.6. The minimum Gasteiger partial charge on any atom is -0.478 e. The second-order valence-corrected chi connectivity index (χ2v) is 30.7. The maximum Gasteiger partial charge on any atom is 0.335 e. The minimum atomic E-state index is -1.84. The lowest BCUT2D eigenvalue weighted by molar-refractivity contribution is -0.139. The van der Waals surface area contributed by atoms with Gasteiger partial charge in [-0.15, -0.1) is 24.5 Å². The Morgan fingerprint density at radius 1 is 0.630 bits per heavy atom. The molecule has 2 unspecified atom stereocenters. The number of aliphatic carboxylic acids is 2. The number of aromatic carboxylic acids is 1. The monoisotopic (exact) mass is 1510 g/mol. The number of rotatable bonds is 35. The minimum absolute atomic E-state index is 0.0271. The molecule has 1 fully saturated rings. The van der Waals surface area contributed by atoms with Gasteiger partial charge in [-0.1, -0.05) is 98.7 Å². The second-order valence-electron chi connectivity index (χ2n) is 29.6. The molecule has 0 bridgehead atoms. The number of carbonyl (C=O) groups is 6. The van der Waals surface area contributed by atoms with E-state index in [1.54, 1.807) is 65.0 Å². The van der Waals surface area contributed by atoms with Crippen LogP contribution in [0.2, 0.25) is 0 Å². The fourth-order valence-electron chi connectivity index (χ4n) is 15.3. The van der Waals surface area contributed by atoms with E-state index in [0.717, 1.165) is 78.2 Å². The number of carbonyl (C=O) groups excluding carboxylic acids is 3. The molecule has 1 aromatic heterocycles. The van der Waals surface area contributed by atoms with Crippen molar-refractivity contribution in [1.29, 1.82) is 0 Å². The van der Waals surface area contributed by atoms with Crippen molar-refractivity contribution in [2.45, 2.75) is 195 Å². The standard InChI is InChI=1S/C36H49F2N3O3.C35H48F2N4O3S.C15H17NO3/c1-8-15-41(16-9-2)34(44)36(27-19-28(37)21-29(38)20-27)31(23(5)17-30(32(36)39)33(42)43)25(11-4)22-40-35(6,7)26-14-12-13-24(10-3)18-26;1-7-12-41(13-8-2)33(44)35(24-16-25(36)18-26(37)17-24)30(22(6)15-27(31(35)38)32(42)43)23(9-3)19-40-34(10-11-34)28-20-39-29(45-28)14-21(4)5;1-4-6-16(7-5-2)14(17)12-8-11(3)9-13(10-12)15(18)19/h12-14,17-21,25,32,40H,8-11,15-16,22,39H2,1-7H3,(H,42,43);15-18,20-21,23,31,40H,7-14,19,38H2,1-6H3,(H,42,43);4-5,8-10H,1-2,6-7H2,3H3,(H,18,19)/t25-,32+,36?;23-,31-,35?;/m00./s1.